The molecule has 0 saturated carbocycles. The molecular formula is C26H32N2O6. The first-order valence-electron chi connectivity index (χ1n) is 11.2. The summed E-state index contributed by atoms with van der Waals surface area (Å²) in [6.07, 6.45) is 0.588. The van der Waals surface area contributed by atoms with Crippen LogP contribution in [0.15, 0.2) is 48.0 Å². The van der Waals surface area contributed by atoms with Crippen molar-refractivity contribution in [2.45, 2.75) is 32.4 Å². The van der Waals surface area contributed by atoms with E-state index >= 15 is 0 Å². The van der Waals surface area contributed by atoms with Crippen molar-refractivity contribution < 1.29 is 29.3 Å². The average molecular weight is 469 g/mol. The number of rotatable bonds is 9. The van der Waals surface area contributed by atoms with Crippen LogP contribution in [0.5, 0.6) is 17.2 Å². The van der Waals surface area contributed by atoms with Gasteiger partial charge >= 0.3 is 0 Å². The number of phenols is 1. The molecule has 182 valence electrons. The lowest BCUT2D eigenvalue weighted by molar-refractivity contribution is -0.139. The van der Waals surface area contributed by atoms with Gasteiger partial charge in [0.2, 0.25) is 0 Å². The van der Waals surface area contributed by atoms with Crippen molar-refractivity contribution >= 4 is 17.4 Å². The number of carbonyl (C=O) groups excluding carboxylic acids is 2. The maximum atomic E-state index is 13.2. The zero-order valence-corrected chi connectivity index (χ0v) is 20.2. The number of carbonyl (C=O) groups is 2. The van der Waals surface area contributed by atoms with Crippen molar-refractivity contribution in [1.29, 1.82) is 0 Å². The fourth-order valence-corrected chi connectivity index (χ4v) is 4.03. The SMILES string of the molecule is COc1ccc(C(O)=C2C(=O)C(=O)N(CCCN(C)C)C2c2cccc(OC(C)C)c2)c(O)c1. The zero-order valence-electron chi connectivity index (χ0n) is 20.2. The molecule has 1 saturated heterocycles. The van der Waals surface area contributed by atoms with Crippen molar-refractivity contribution in [2.24, 2.45) is 0 Å². The number of nitrogens with zero attached hydrogens (tertiary/aromatic N) is 2. The standard InChI is InChI=1S/C26H32N2O6/c1-16(2)34-19-9-6-8-17(14-19)23-22(24(30)20-11-10-18(33-5)15-21(20)29)25(31)26(32)28(23)13-7-12-27(3)4/h6,8-11,14-16,23,29-30H,7,12-13H2,1-5H3. The summed E-state index contributed by atoms with van der Waals surface area (Å²) in [5.74, 6) is -1.18. The van der Waals surface area contributed by atoms with Crippen LogP contribution in [0.1, 0.15) is 37.4 Å². The molecule has 0 aromatic heterocycles. The summed E-state index contributed by atoms with van der Waals surface area (Å²) in [5, 5.41) is 21.6. The smallest absolute Gasteiger partial charge is 0.295 e. The highest BCUT2D eigenvalue weighted by Crippen LogP contribution is 2.42. The topological polar surface area (TPSA) is 99.5 Å². The van der Waals surface area contributed by atoms with Gasteiger partial charge in [0.15, 0.2) is 0 Å². The molecule has 2 N–H and O–H groups in total. The van der Waals surface area contributed by atoms with E-state index in [2.05, 4.69) is 0 Å². The maximum absolute atomic E-state index is 13.2. The van der Waals surface area contributed by atoms with E-state index in [1.54, 1.807) is 30.3 Å². The summed E-state index contributed by atoms with van der Waals surface area (Å²) < 4.78 is 10.9. The summed E-state index contributed by atoms with van der Waals surface area (Å²) in [6, 6.07) is 10.7. The molecule has 1 atom stereocenters. The Morgan fingerprint density at radius 2 is 1.85 bits per heavy atom. The van der Waals surface area contributed by atoms with Gasteiger partial charge in [0.1, 0.15) is 23.0 Å². The Bertz CT molecular complexity index is 1090. The van der Waals surface area contributed by atoms with Crippen molar-refractivity contribution in [3.05, 3.63) is 59.2 Å². The molecule has 34 heavy (non-hydrogen) atoms. The number of methoxy groups -OCH3 is 1. The van der Waals surface area contributed by atoms with Crippen LogP contribution in [-0.4, -0.2) is 72.1 Å². The van der Waals surface area contributed by atoms with Gasteiger partial charge in [-0.3, -0.25) is 9.59 Å². The third kappa shape index (κ3) is 5.34. The van der Waals surface area contributed by atoms with Crippen LogP contribution in [0.3, 0.4) is 0 Å². The summed E-state index contributed by atoms with van der Waals surface area (Å²) >= 11 is 0. The van der Waals surface area contributed by atoms with Gasteiger partial charge in [-0.05, 0) is 70.7 Å². The number of hydrogen-bond donors (Lipinski definition) is 2. The first kappa shape index (κ1) is 25.1. The second-order valence-corrected chi connectivity index (χ2v) is 8.77. The molecule has 8 heteroatoms. The molecule has 8 nitrogen and oxygen atoms in total. The molecule has 2 aromatic rings. The predicted octanol–water partition coefficient (Wildman–Crippen LogP) is 3.56. The quantitative estimate of drug-likeness (QED) is 0.330. The van der Waals surface area contributed by atoms with Gasteiger partial charge in [-0.2, -0.15) is 0 Å². The van der Waals surface area contributed by atoms with E-state index in [0.717, 1.165) is 6.54 Å². The molecule has 0 radical (unpaired) electrons. The monoisotopic (exact) mass is 468 g/mol. The molecule has 1 amide bonds. The number of ether oxygens (including phenoxy) is 2. The second kappa shape index (κ2) is 10.6. The number of hydrogen-bond acceptors (Lipinski definition) is 7. The van der Waals surface area contributed by atoms with Crippen LogP contribution in [0.2, 0.25) is 0 Å². The largest absolute Gasteiger partial charge is 0.507 e. The van der Waals surface area contributed by atoms with Gasteiger partial charge in [-0.25, -0.2) is 0 Å². The number of amides is 1. The summed E-state index contributed by atoms with van der Waals surface area (Å²) in [5.41, 5.74) is 0.612. The Labute approximate surface area is 200 Å². The minimum atomic E-state index is -0.820. The second-order valence-electron chi connectivity index (χ2n) is 8.77. The summed E-state index contributed by atoms with van der Waals surface area (Å²) in [7, 11) is 5.33. The van der Waals surface area contributed by atoms with Crippen molar-refractivity contribution in [1.82, 2.24) is 9.80 Å². The van der Waals surface area contributed by atoms with Crippen LogP contribution in [0.25, 0.3) is 5.76 Å². The number of aromatic hydroxyl groups is 1. The van der Waals surface area contributed by atoms with E-state index in [-0.39, 0.29) is 23.0 Å². The highest BCUT2D eigenvalue weighted by molar-refractivity contribution is 6.46. The van der Waals surface area contributed by atoms with E-state index in [9.17, 15) is 19.8 Å². The van der Waals surface area contributed by atoms with Crippen molar-refractivity contribution in [2.75, 3.05) is 34.3 Å². The maximum Gasteiger partial charge on any atom is 0.295 e. The predicted molar refractivity (Wildman–Crippen MR) is 129 cm³/mol. The van der Waals surface area contributed by atoms with Crippen LogP contribution in [0, 0.1) is 0 Å². The molecule has 1 unspecified atom stereocenters. The van der Waals surface area contributed by atoms with E-state index in [1.165, 1.54) is 24.1 Å². The van der Waals surface area contributed by atoms with Gasteiger partial charge in [-0.1, -0.05) is 12.1 Å². The highest BCUT2D eigenvalue weighted by atomic mass is 16.5. The van der Waals surface area contributed by atoms with E-state index in [4.69, 9.17) is 9.47 Å². The molecule has 2 aromatic carbocycles. The van der Waals surface area contributed by atoms with Gasteiger partial charge in [0.25, 0.3) is 11.7 Å². The molecule has 1 fully saturated rings. The first-order chi connectivity index (χ1) is 16.1. The molecule has 1 aliphatic rings. The van der Waals surface area contributed by atoms with E-state index in [0.29, 0.717) is 30.0 Å². The third-order valence-corrected chi connectivity index (χ3v) is 5.55. The summed E-state index contributed by atoms with van der Waals surface area (Å²) in [4.78, 5) is 29.7. The molecular weight excluding hydrogens is 436 g/mol. The fraction of sp³-hybridized carbons (Fsp3) is 0.385. The Kier molecular flexibility index (Phi) is 7.83. The van der Waals surface area contributed by atoms with Crippen molar-refractivity contribution in [3.63, 3.8) is 0 Å². The van der Waals surface area contributed by atoms with Crippen LogP contribution in [0.4, 0.5) is 0 Å². The number of benzene rings is 2. The molecule has 1 aliphatic heterocycles. The first-order valence-corrected chi connectivity index (χ1v) is 11.2. The van der Waals surface area contributed by atoms with E-state index < -0.39 is 23.5 Å². The number of aliphatic hydroxyl groups excluding tert-OH is 1. The number of likely N-dealkylation sites (tertiary alicyclic amines) is 1. The molecule has 3 rings (SSSR count). The van der Waals surface area contributed by atoms with Crippen LogP contribution >= 0.6 is 0 Å². The fourth-order valence-electron chi connectivity index (χ4n) is 4.03. The van der Waals surface area contributed by atoms with E-state index in [1.807, 2.05) is 32.8 Å². The zero-order chi connectivity index (χ0) is 25.0. The van der Waals surface area contributed by atoms with Crippen LogP contribution < -0.4 is 9.47 Å². The van der Waals surface area contributed by atoms with Gasteiger partial charge in [0, 0.05) is 12.6 Å². The summed E-state index contributed by atoms with van der Waals surface area (Å²) in [6.45, 7) is 4.87. The van der Waals surface area contributed by atoms with Gasteiger partial charge in [0.05, 0.1) is 30.4 Å². The van der Waals surface area contributed by atoms with Gasteiger partial charge < -0.3 is 29.5 Å². The Balaban J connectivity index is 2.13. The lowest BCUT2D eigenvalue weighted by atomic mass is 9.94. The molecule has 0 spiro atoms. The lowest BCUT2D eigenvalue weighted by Crippen LogP contribution is -2.32. The minimum absolute atomic E-state index is 0.0478. The number of aliphatic hydroxyl groups is 1. The number of ketones is 1. The number of Topliss-reactive ketones (excluding diaryl/α,β-unsaturated/α-hetero) is 1. The molecule has 0 bridgehead atoms. The Morgan fingerprint density at radius 1 is 1.12 bits per heavy atom. The molecule has 1 heterocycles. The Morgan fingerprint density at radius 3 is 2.47 bits per heavy atom. The number of phenolic OH excluding ortho intramolecular Hbond substituents is 1. The average Bonchev–Trinajstić information content (AvgIpc) is 3.03. The third-order valence-electron chi connectivity index (χ3n) is 5.55. The normalized spacial score (nSPS) is 17.6. The van der Waals surface area contributed by atoms with Crippen LogP contribution in [-0.2, 0) is 9.59 Å². The minimum Gasteiger partial charge on any atom is -0.507 e. The lowest BCUT2D eigenvalue weighted by Gasteiger charge is -2.26. The van der Waals surface area contributed by atoms with Crippen molar-refractivity contribution in [3.8, 4) is 17.2 Å². The Hall–Kier alpha value is -3.52. The molecule has 0 aliphatic carbocycles. The van der Waals surface area contributed by atoms with Gasteiger partial charge in [-0.15, -0.1) is 0 Å². The highest BCUT2D eigenvalue weighted by Gasteiger charge is 2.46.